The van der Waals surface area contributed by atoms with Gasteiger partial charge in [-0.25, -0.2) is 4.98 Å². The molecule has 3 nitrogen and oxygen atoms in total. The molecule has 98 valence electrons. The van der Waals surface area contributed by atoms with Crippen LogP contribution < -0.4 is 10.5 Å². The summed E-state index contributed by atoms with van der Waals surface area (Å²) in [5.41, 5.74) is 6.53. The van der Waals surface area contributed by atoms with Crippen LogP contribution in [0.5, 0.6) is 5.75 Å². The number of hydrogen-bond donors (Lipinski definition) is 1. The Morgan fingerprint density at radius 2 is 2.22 bits per heavy atom. The largest absolute Gasteiger partial charge is 0.494 e. The van der Waals surface area contributed by atoms with Gasteiger partial charge < -0.3 is 10.5 Å². The molecule has 1 aromatic carbocycles. The smallest absolute Gasteiger partial charge is 0.120 e. The molecule has 2 aromatic rings. The number of benzene rings is 1. The van der Waals surface area contributed by atoms with Crippen LogP contribution >= 0.6 is 11.3 Å². The van der Waals surface area contributed by atoms with E-state index in [0.717, 1.165) is 50.1 Å². The Bertz CT molecular complexity index is 495. The van der Waals surface area contributed by atoms with Crippen molar-refractivity contribution in [3.05, 3.63) is 23.2 Å². The van der Waals surface area contributed by atoms with Crippen LogP contribution in [0.2, 0.25) is 0 Å². The number of hydrogen-bond acceptors (Lipinski definition) is 4. The second-order valence-corrected chi connectivity index (χ2v) is 5.45. The zero-order chi connectivity index (χ0) is 12.8. The fourth-order valence-electron chi connectivity index (χ4n) is 1.80. The Morgan fingerprint density at radius 3 is 3.00 bits per heavy atom. The van der Waals surface area contributed by atoms with E-state index in [1.54, 1.807) is 11.3 Å². The summed E-state index contributed by atoms with van der Waals surface area (Å²) in [6, 6.07) is 6.14. The van der Waals surface area contributed by atoms with Gasteiger partial charge in [-0.3, -0.25) is 0 Å². The molecular formula is C14H20N2OS. The quantitative estimate of drug-likeness (QED) is 0.780. The summed E-state index contributed by atoms with van der Waals surface area (Å²) < 4.78 is 6.93. The average molecular weight is 264 g/mol. The summed E-state index contributed by atoms with van der Waals surface area (Å²) in [5.74, 6) is 0.936. The normalized spacial score (nSPS) is 11.0. The molecule has 0 saturated carbocycles. The molecule has 0 saturated heterocycles. The summed E-state index contributed by atoms with van der Waals surface area (Å²) in [4.78, 5) is 4.60. The highest BCUT2D eigenvalue weighted by Crippen LogP contribution is 2.27. The van der Waals surface area contributed by atoms with Crippen LogP contribution in [0.25, 0.3) is 10.2 Å². The molecule has 18 heavy (non-hydrogen) atoms. The second-order valence-electron chi connectivity index (χ2n) is 4.33. The SMILES string of the molecule is CCCc1nc2ccc(OCCCCN)cc2s1. The summed E-state index contributed by atoms with van der Waals surface area (Å²) in [5, 5.41) is 1.22. The van der Waals surface area contributed by atoms with Crippen molar-refractivity contribution >= 4 is 21.6 Å². The molecule has 0 amide bonds. The van der Waals surface area contributed by atoms with E-state index < -0.39 is 0 Å². The summed E-state index contributed by atoms with van der Waals surface area (Å²) in [6.45, 7) is 3.65. The van der Waals surface area contributed by atoms with Gasteiger partial charge in [-0.2, -0.15) is 0 Å². The van der Waals surface area contributed by atoms with E-state index in [9.17, 15) is 0 Å². The number of thiazole rings is 1. The van der Waals surface area contributed by atoms with E-state index in [0.29, 0.717) is 0 Å². The van der Waals surface area contributed by atoms with Crippen molar-refractivity contribution in [3.8, 4) is 5.75 Å². The molecule has 2 rings (SSSR count). The van der Waals surface area contributed by atoms with Gasteiger partial charge in [0.1, 0.15) is 5.75 Å². The van der Waals surface area contributed by atoms with Crippen molar-refractivity contribution in [3.63, 3.8) is 0 Å². The van der Waals surface area contributed by atoms with Gasteiger partial charge in [-0.1, -0.05) is 6.92 Å². The number of nitrogens with two attached hydrogens (primary N) is 1. The number of aryl methyl sites for hydroxylation is 1. The number of aromatic nitrogens is 1. The topological polar surface area (TPSA) is 48.1 Å². The zero-order valence-corrected chi connectivity index (χ0v) is 11.6. The number of fused-ring (bicyclic) bond motifs is 1. The molecule has 0 fully saturated rings. The number of unbranched alkanes of at least 4 members (excludes halogenated alkanes) is 1. The van der Waals surface area contributed by atoms with E-state index >= 15 is 0 Å². The first-order valence-corrected chi connectivity index (χ1v) is 7.37. The lowest BCUT2D eigenvalue weighted by Gasteiger charge is -2.04. The van der Waals surface area contributed by atoms with Gasteiger partial charge in [0.15, 0.2) is 0 Å². The van der Waals surface area contributed by atoms with Gasteiger partial charge in [-0.15, -0.1) is 11.3 Å². The zero-order valence-electron chi connectivity index (χ0n) is 10.8. The maximum absolute atomic E-state index is 5.71. The first-order valence-electron chi connectivity index (χ1n) is 6.56. The predicted octanol–water partition coefficient (Wildman–Crippen LogP) is 3.37. The van der Waals surface area contributed by atoms with Crippen molar-refractivity contribution < 1.29 is 4.74 Å². The van der Waals surface area contributed by atoms with Crippen molar-refractivity contribution in [2.45, 2.75) is 32.6 Å². The number of rotatable bonds is 7. The van der Waals surface area contributed by atoms with Gasteiger partial charge in [-0.05, 0) is 50.4 Å². The van der Waals surface area contributed by atoms with Crippen molar-refractivity contribution in [1.29, 1.82) is 0 Å². The molecule has 4 heteroatoms. The Labute approximate surface area is 112 Å². The van der Waals surface area contributed by atoms with E-state index in [2.05, 4.69) is 18.0 Å². The van der Waals surface area contributed by atoms with Crippen LogP contribution in [0.4, 0.5) is 0 Å². The maximum atomic E-state index is 5.71. The minimum atomic E-state index is 0.734. The van der Waals surface area contributed by atoms with E-state index in [-0.39, 0.29) is 0 Å². The Balaban J connectivity index is 2.02. The molecule has 0 atom stereocenters. The second kappa shape index (κ2) is 6.71. The molecule has 2 N–H and O–H groups in total. The molecule has 0 bridgehead atoms. The fraction of sp³-hybridized carbons (Fsp3) is 0.500. The highest BCUT2D eigenvalue weighted by molar-refractivity contribution is 7.18. The Morgan fingerprint density at radius 1 is 1.33 bits per heavy atom. The van der Waals surface area contributed by atoms with E-state index in [4.69, 9.17) is 10.5 Å². The van der Waals surface area contributed by atoms with Gasteiger partial charge in [0, 0.05) is 0 Å². The minimum absolute atomic E-state index is 0.734. The number of ether oxygens (including phenoxy) is 1. The predicted molar refractivity (Wildman–Crippen MR) is 77.4 cm³/mol. The molecule has 1 aromatic heterocycles. The van der Waals surface area contributed by atoms with Crippen LogP contribution in [0.15, 0.2) is 18.2 Å². The third-order valence-corrected chi connectivity index (χ3v) is 3.81. The molecule has 0 aliphatic carbocycles. The first-order chi connectivity index (χ1) is 8.83. The third kappa shape index (κ3) is 3.43. The molecule has 0 aliphatic rings. The summed E-state index contributed by atoms with van der Waals surface area (Å²) >= 11 is 1.77. The molecule has 0 aliphatic heterocycles. The molecule has 1 heterocycles. The fourth-order valence-corrected chi connectivity index (χ4v) is 2.90. The summed E-state index contributed by atoms with van der Waals surface area (Å²) in [7, 11) is 0. The molecule has 0 spiro atoms. The Hall–Kier alpha value is -1.13. The highest BCUT2D eigenvalue weighted by atomic mass is 32.1. The van der Waals surface area contributed by atoms with Crippen molar-refractivity contribution in [2.75, 3.05) is 13.2 Å². The Kier molecular flexibility index (Phi) is 4.96. The number of nitrogens with zero attached hydrogens (tertiary/aromatic N) is 1. The molecule has 0 unspecified atom stereocenters. The van der Waals surface area contributed by atoms with Gasteiger partial charge in [0.2, 0.25) is 0 Å². The molecular weight excluding hydrogens is 244 g/mol. The van der Waals surface area contributed by atoms with Crippen molar-refractivity contribution in [1.82, 2.24) is 4.98 Å². The molecule has 0 radical (unpaired) electrons. The maximum Gasteiger partial charge on any atom is 0.120 e. The van der Waals surface area contributed by atoms with Gasteiger partial charge in [0.05, 0.1) is 21.8 Å². The van der Waals surface area contributed by atoms with Gasteiger partial charge in [0.25, 0.3) is 0 Å². The van der Waals surface area contributed by atoms with E-state index in [1.807, 2.05) is 12.1 Å². The standard InChI is InChI=1S/C14H20N2OS/c1-2-5-14-16-12-7-6-11(10-13(12)18-14)17-9-4-3-8-15/h6-7,10H,2-5,8-9,15H2,1H3. The minimum Gasteiger partial charge on any atom is -0.494 e. The average Bonchev–Trinajstić information content (AvgIpc) is 2.76. The van der Waals surface area contributed by atoms with Crippen LogP contribution in [-0.4, -0.2) is 18.1 Å². The first kappa shape index (κ1) is 13.3. The summed E-state index contributed by atoms with van der Waals surface area (Å²) in [6.07, 6.45) is 4.23. The van der Waals surface area contributed by atoms with Crippen LogP contribution in [0, 0.1) is 0 Å². The van der Waals surface area contributed by atoms with Crippen LogP contribution in [-0.2, 0) is 6.42 Å². The monoisotopic (exact) mass is 264 g/mol. The lowest BCUT2D eigenvalue weighted by atomic mass is 10.3. The van der Waals surface area contributed by atoms with Crippen molar-refractivity contribution in [2.24, 2.45) is 5.73 Å². The lowest BCUT2D eigenvalue weighted by Crippen LogP contribution is -2.03. The third-order valence-electron chi connectivity index (χ3n) is 2.74. The van der Waals surface area contributed by atoms with E-state index in [1.165, 1.54) is 9.71 Å². The van der Waals surface area contributed by atoms with Crippen LogP contribution in [0.1, 0.15) is 31.2 Å². The van der Waals surface area contributed by atoms with Crippen LogP contribution in [0.3, 0.4) is 0 Å². The lowest BCUT2D eigenvalue weighted by molar-refractivity contribution is 0.308. The van der Waals surface area contributed by atoms with Gasteiger partial charge >= 0.3 is 0 Å². The highest BCUT2D eigenvalue weighted by Gasteiger charge is 2.04.